The maximum Gasteiger partial charge on any atom is 0.261 e. The van der Waals surface area contributed by atoms with Crippen LogP contribution in [0.5, 0.6) is 0 Å². The summed E-state index contributed by atoms with van der Waals surface area (Å²) in [6, 6.07) is 4.07. The highest BCUT2D eigenvalue weighted by Crippen LogP contribution is 2.24. The van der Waals surface area contributed by atoms with E-state index in [1.807, 2.05) is 0 Å². The van der Waals surface area contributed by atoms with Gasteiger partial charge in [-0.05, 0) is 18.2 Å². The Hall–Kier alpha value is -0.330. The molecule has 9 heteroatoms. The van der Waals surface area contributed by atoms with Crippen molar-refractivity contribution in [2.45, 2.75) is 4.90 Å². The van der Waals surface area contributed by atoms with E-state index in [-0.39, 0.29) is 27.6 Å². The van der Waals surface area contributed by atoms with Crippen LogP contribution in [0.3, 0.4) is 0 Å². The summed E-state index contributed by atoms with van der Waals surface area (Å²) in [5.74, 6) is 0. The molecule has 0 aliphatic heterocycles. The Balaban J connectivity index is 0.00000144. The molecule has 92 valence electrons. The van der Waals surface area contributed by atoms with Crippen LogP contribution in [0.2, 0.25) is 10.3 Å². The van der Waals surface area contributed by atoms with E-state index in [0.717, 1.165) is 0 Å². The van der Waals surface area contributed by atoms with Crippen LogP contribution in [-0.4, -0.2) is 18.4 Å². The summed E-state index contributed by atoms with van der Waals surface area (Å²) in [5, 5.41) is 0.0777. The van der Waals surface area contributed by atoms with Crippen LogP contribution in [0.1, 0.15) is 0 Å². The van der Waals surface area contributed by atoms with Crippen molar-refractivity contribution < 1.29 is 8.42 Å². The number of aromatic nitrogens is 2. The highest BCUT2D eigenvalue weighted by atomic mass is 35.7. The van der Waals surface area contributed by atoms with Crippen LogP contribution in [0.4, 0.5) is 0 Å². The Kier molecular flexibility index (Phi) is 4.43. The first-order chi connectivity index (χ1) is 7.38. The molecule has 0 N–H and O–H groups in total. The quantitative estimate of drug-likeness (QED) is 0.751. The minimum atomic E-state index is -3.79. The molecule has 4 nitrogen and oxygen atoms in total. The van der Waals surface area contributed by atoms with Gasteiger partial charge in [0, 0.05) is 10.7 Å². The van der Waals surface area contributed by atoms with Gasteiger partial charge in [-0.2, -0.15) is 0 Å². The predicted molar refractivity (Wildman–Crippen MR) is 69.8 cm³/mol. The molecule has 1 aromatic heterocycles. The second kappa shape index (κ2) is 5.12. The van der Waals surface area contributed by atoms with E-state index in [9.17, 15) is 8.42 Å². The van der Waals surface area contributed by atoms with E-state index in [1.165, 1.54) is 18.2 Å². The van der Waals surface area contributed by atoms with Gasteiger partial charge in [-0.15, -0.1) is 12.4 Å². The Labute approximate surface area is 118 Å². The molecule has 1 aromatic carbocycles. The lowest BCUT2D eigenvalue weighted by molar-refractivity contribution is 0.609. The number of nitrogens with zero attached hydrogens (tertiary/aromatic N) is 2. The van der Waals surface area contributed by atoms with Crippen molar-refractivity contribution in [2.75, 3.05) is 0 Å². The molecule has 2 aromatic rings. The maximum absolute atomic E-state index is 11.1. The van der Waals surface area contributed by atoms with Crippen LogP contribution in [0.25, 0.3) is 11.0 Å². The SMILES string of the molecule is Cl.O=S(=O)(Cl)c1ccc2nc(Cl)c(Cl)nc2c1. The van der Waals surface area contributed by atoms with Crippen molar-refractivity contribution in [3.8, 4) is 0 Å². The third-order valence-corrected chi connectivity index (χ3v) is 3.81. The first-order valence-electron chi connectivity index (χ1n) is 3.95. The summed E-state index contributed by atoms with van der Waals surface area (Å²) in [5.41, 5.74) is 0.759. The molecule has 0 saturated heterocycles. The number of hydrogen-bond donors (Lipinski definition) is 0. The Morgan fingerprint density at radius 1 is 1.00 bits per heavy atom. The van der Waals surface area contributed by atoms with Crippen LogP contribution >= 0.6 is 46.3 Å². The zero-order chi connectivity index (χ0) is 11.9. The fourth-order valence-corrected chi connectivity index (χ4v) is 2.18. The highest BCUT2D eigenvalue weighted by molar-refractivity contribution is 8.13. The van der Waals surface area contributed by atoms with Gasteiger partial charge >= 0.3 is 0 Å². The van der Waals surface area contributed by atoms with Crippen molar-refractivity contribution in [2.24, 2.45) is 0 Å². The van der Waals surface area contributed by atoms with Gasteiger partial charge in [-0.1, -0.05) is 23.2 Å². The first-order valence-corrected chi connectivity index (χ1v) is 7.02. The van der Waals surface area contributed by atoms with Crippen LogP contribution in [-0.2, 0) is 9.05 Å². The lowest BCUT2D eigenvalue weighted by Gasteiger charge is -2.01. The molecular formula is C8H4Cl4N2O2S. The highest BCUT2D eigenvalue weighted by Gasteiger charge is 2.12. The number of benzene rings is 1. The van der Waals surface area contributed by atoms with E-state index in [2.05, 4.69) is 9.97 Å². The van der Waals surface area contributed by atoms with Gasteiger partial charge in [0.25, 0.3) is 9.05 Å². The maximum atomic E-state index is 11.1. The van der Waals surface area contributed by atoms with Gasteiger partial charge < -0.3 is 0 Å². The number of fused-ring (bicyclic) bond motifs is 1. The molecule has 0 aliphatic carbocycles. The lowest BCUT2D eigenvalue weighted by Crippen LogP contribution is -1.93. The third kappa shape index (κ3) is 3.11. The summed E-state index contributed by atoms with van der Waals surface area (Å²) in [6.45, 7) is 0. The third-order valence-electron chi connectivity index (χ3n) is 1.84. The second-order valence-electron chi connectivity index (χ2n) is 2.89. The normalized spacial score (nSPS) is 11.2. The van der Waals surface area contributed by atoms with Crippen LogP contribution in [0, 0.1) is 0 Å². The molecule has 0 fully saturated rings. The van der Waals surface area contributed by atoms with E-state index in [4.69, 9.17) is 33.9 Å². The topological polar surface area (TPSA) is 59.9 Å². The molecule has 0 bridgehead atoms. The van der Waals surface area contributed by atoms with Crippen molar-refractivity contribution in [3.05, 3.63) is 28.5 Å². The minimum absolute atomic E-state index is 0. The molecule has 17 heavy (non-hydrogen) atoms. The largest absolute Gasteiger partial charge is 0.261 e. The fourth-order valence-electron chi connectivity index (χ4n) is 1.14. The van der Waals surface area contributed by atoms with Gasteiger partial charge in [0.1, 0.15) is 0 Å². The monoisotopic (exact) mass is 332 g/mol. The molecule has 0 aliphatic rings. The molecular weight excluding hydrogens is 330 g/mol. The molecule has 1 heterocycles. The molecule has 2 rings (SSSR count). The minimum Gasteiger partial charge on any atom is -0.231 e. The Morgan fingerprint density at radius 3 is 2.06 bits per heavy atom. The standard InChI is InChI=1S/C8H3Cl3N2O2S.ClH/c9-7-8(10)13-6-3-4(16(11,14)15)1-2-5(6)12-7;/h1-3H;1H. The Bertz CT molecular complexity index is 675. The fraction of sp³-hybridized carbons (Fsp3) is 0. The van der Waals surface area contributed by atoms with E-state index < -0.39 is 9.05 Å². The number of rotatable bonds is 1. The average Bonchev–Trinajstić information content (AvgIpc) is 2.17. The molecule has 0 amide bonds. The number of halogens is 4. The average molecular weight is 334 g/mol. The Morgan fingerprint density at radius 2 is 1.53 bits per heavy atom. The van der Waals surface area contributed by atoms with Gasteiger partial charge in [0.05, 0.1) is 15.9 Å². The lowest BCUT2D eigenvalue weighted by atomic mass is 10.3. The smallest absolute Gasteiger partial charge is 0.231 e. The summed E-state index contributed by atoms with van der Waals surface area (Å²) in [6.07, 6.45) is 0. The molecule has 0 saturated carbocycles. The van der Waals surface area contributed by atoms with Crippen molar-refractivity contribution in [3.63, 3.8) is 0 Å². The van der Waals surface area contributed by atoms with Crippen molar-refractivity contribution in [1.29, 1.82) is 0 Å². The van der Waals surface area contributed by atoms with Gasteiger partial charge in [-0.3, -0.25) is 0 Å². The van der Waals surface area contributed by atoms with Crippen molar-refractivity contribution in [1.82, 2.24) is 9.97 Å². The number of hydrogen-bond acceptors (Lipinski definition) is 4. The molecule has 0 unspecified atom stereocenters. The summed E-state index contributed by atoms with van der Waals surface area (Å²) in [4.78, 5) is 7.77. The van der Waals surface area contributed by atoms with Crippen LogP contribution in [0.15, 0.2) is 23.1 Å². The van der Waals surface area contributed by atoms with E-state index in [0.29, 0.717) is 11.0 Å². The van der Waals surface area contributed by atoms with Gasteiger partial charge in [0.2, 0.25) is 0 Å². The van der Waals surface area contributed by atoms with Crippen LogP contribution < -0.4 is 0 Å². The molecule has 0 radical (unpaired) electrons. The summed E-state index contributed by atoms with van der Waals surface area (Å²) < 4.78 is 22.2. The zero-order valence-electron chi connectivity index (χ0n) is 7.89. The van der Waals surface area contributed by atoms with E-state index in [1.54, 1.807) is 0 Å². The summed E-state index contributed by atoms with van der Waals surface area (Å²) in [7, 11) is 1.41. The van der Waals surface area contributed by atoms with Gasteiger partial charge in [-0.25, -0.2) is 18.4 Å². The zero-order valence-corrected chi connectivity index (χ0v) is 11.8. The first kappa shape index (κ1) is 14.7. The second-order valence-corrected chi connectivity index (χ2v) is 6.18. The van der Waals surface area contributed by atoms with E-state index >= 15 is 0 Å². The summed E-state index contributed by atoms with van der Waals surface area (Å²) >= 11 is 11.3. The predicted octanol–water partition coefficient (Wildman–Crippen LogP) is 3.29. The molecule has 0 spiro atoms. The van der Waals surface area contributed by atoms with Gasteiger partial charge in [0.15, 0.2) is 10.3 Å². The molecule has 0 atom stereocenters. The van der Waals surface area contributed by atoms with Crippen molar-refractivity contribution >= 4 is 66.4 Å².